The van der Waals surface area contributed by atoms with Crippen molar-refractivity contribution in [2.24, 2.45) is 22.7 Å². The number of nitriles is 1. The third-order valence-electron chi connectivity index (χ3n) is 4.53. The highest BCUT2D eigenvalue weighted by Gasteiger charge is 2.51. The molecule has 3 aliphatic carbocycles. The molecule has 0 spiro atoms. The number of nitrogens with zero attached hydrogens (tertiary/aromatic N) is 1. The fourth-order valence-corrected chi connectivity index (χ4v) is 3.23. The van der Waals surface area contributed by atoms with Crippen LogP contribution in [0.5, 0.6) is 0 Å². The molecule has 1 nitrogen and oxygen atoms in total. The second-order valence-corrected chi connectivity index (χ2v) is 6.49. The molecule has 0 heterocycles. The fourth-order valence-electron chi connectivity index (χ4n) is 3.23. The van der Waals surface area contributed by atoms with Crippen LogP contribution in [0.2, 0.25) is 0 Å². The maximum atomic E-state index is 9.08. The van der Waals surface area contributed by atoms with Gasteiger partial charge in [0.25, 0.3) is 0 Å². The lowest BCUT2D eigenvalue weighted by molar-refractivity contribution is -0.0102. The van der Waals surface area contributed by atoms with Crippen LogP contribution in [0.4, 0.5) is 0 Å². The molecule has 0 unspecified atom stereocenters. The van der Waals surface area contributed by atoms with E-state index in [-0.39, 0.29) is 5.41 Å². The van der Waals surface area contributed by atoms with Gasteiger partial charge in [-0.3, -0.25) is 0 Å². The first-order valence-electron chi connectivity index (χ1n) is 5.97. The number of rotatable bonds is 2. The summed E-state index contributed by atoms with van der Waals surface area (Å²) in [5, 5.41) is 9.08. The van der Waals surface area contributed by atoms with Crippen molar-refractivity contribution < 1.29 is 0 Å². The Balaban J connectivity index is 2.13. The van der Waals surface area contributed by atoms with Crippen LogP contribution in [0.25, 0.3) is 0 Å². The zero-order valence-electron chi connectivity index (χ0n) is 10.3. The third kappa shape index (κ3) is 1.61. The molecular formula is C14H21N. The summed E-state index contributed by atoms with van der Waals surface area (Å²) in [7, 11) is 0. The Morgan fingerprint density at radius 2 is 2.20 bits per heavy atom. The Morgan fingerprint density at radius 1 is 1.53 bits per heavy atom. The molecule has 0 aliphatic heterocycles. The van der Waals surface area contributed by atoms with Crippen molar-refractivity contribution in [3.8, 4) is 6.07 Å². The average Bonchev–Trinajstić information content (AvgIpc) is 2.17. The van der Waals surface area contributed by atoms with Crippen LogP contribution >= 0.6 is 0 Å². The Morgan fingerprint density at radius 3 is 2.67 bits per heavy atom. The van der Waals surface area contributed by atoms with Gasteiger partial charge in [-0.2, -0.15) is 5.26 Å². The molecular weight excluding hydrogens is 182 g/mol. The minimum absolute atomic E-state index is 0.190. The quantitative estimate of drug-likeness (QED) is 0.624. The molecule has 0 aromatic rings. The number of hydrogen-bond donors (Lipinski definition) is 0. The van der Waals surface area contributed by atoms with E-state index < -0.39 is 0 Å². The maximum Gasteiger partial charge on any atom is 0.0687 e. The summed E-state index contributed by atoms with van der Waals surface area (Å²) in [4.78, 5) is 0. The average molecular weight is 203 g/mol. The predicted octanol–water partition coefficient (Wildman–Crippen LogP) is 3.92. The lowest BCUT2D eigenvalue weighted by Gasteiger charge is -2.57. The van der Waals surface area contributed by atoms with Crippen LogP contribution in [0.1, 0.15) is 47.0 Å². The minimum atomic E-state index is -0.190. The van der Waals surface area contributed by atoms with Crippen molar-refractivity contribution >= 4 is 0 Å². The predicted molar refractivity (Wildman–Crippen MR) is 62.1 cm³/mol. The van der Waals surface area contributed by atoms with Gasteiger partial charge in [0.1, 0.15) is 0 Å². The molecule has 1 saturated carbocycles. The van der Waals surface area contributed by atoms with E-state index in [1.807, 2.05) is 13.8 Å². The van der Waals surface area contributed by atoms with Crippen LogP contribution in [0.3, 0.4) is 0 Å². The van der Waals surface area contributed by atoms with Gasteiger partial charge in [-0.05, 0) is 50.4 Å². The van der Waals surface area contributed by atoms with Gasteiger partial charge in [0, 0.05) is 0 Å². The first-order valence-corrected chi connectivity index (χ1v) is 5.97. The SMILES string of the molecule is CC(C)(C#N)CC1=CC[C@H]2C[C@H]1C2(C)C. The normalized spacial score (nSPS) is 32.6. The van der Waals surface area contributed by atoms with Gasteiger partial charge in [-0.15, -0.1) is 0 Å². The second kappa shape index (κ2) is 3.11. The molecule has 0 radical (unpaired) electrons. The summed E-state index contributed by atoms with van der Waals surface area (Å²) in [5.74, 6) is 1.65. The zero-order chi connectivity index (χ0) is 11.3. The van der Waals surface area contributed by atoms with Crippen LogP contribution in [-0.4, -0.2) is 0 Å². The van der Waals surface area contributed by atoms with Crippen molar-refractivity contribution in [1.29, 1.82) is 5.26 Å². The Hall–Kier alpha value is -0.770. The second-order valence-electron chi connectivity index (χ2n) is 6.49. The van der Waals surface area contributed by atoms with Gasteiger partial charge < -0.3 is 0 Å². The molecule has 3 aliphatic rings. The van der Waals surface area contributed by atoms with Gasteiger partial charge in [-0.1, -0.05) is 25.5 Å². The van der Waals surface area contributed by atoms with E-state index in [9.17, 15) is 0 Å². The van der Waals surface area contributed by atoms with Gasteiger partial charge in [-0.25, -0.2) is 0 Å². The summed E-state index contributed by atoms with van der Waals surface area (Å²) >= 11 is 0. The summed E-state index contributed by atoms with van der Waals surface area (Å²) < 4.78 is 0. The van der Waals surface area contributed by atoms with E-state index >= 15 is 0 Å². The smallest absolute Gasteiger partial charge is 0.0687 e. The topological polar surface area (TPSA) is 23.8 Å². The molecule has 1 fully saturated rings. The number of fused-ring (bicyclic) bond motifs is 1. The summed E-state index contributed by atoms with van der Waals surface area (Å²) in [6, 6.07) is 2.41. The van der Waals surface area contributed by atoms with Gasteiger partial charge >= 0.3 is 0 Å². The van der Waals surface area contributed by atoms with Crippen molar-refractivity contribution in [2.45, 2.75) is 47.0 Å². The summed E-state index contributed by atoms with van der Waals surface area (Å²) in [6.45, 7) is 8.87. The zero-order valence-corrected chi connectivity index (χ0v) is 10.3. The minimum Gasteiger partial charge on any atom is -0.198 e. The summed E-state index contributed by atoms with van der Waals surface area (Å²) in [6.07, 6.45) is 5.97. The third-order valence-corrected chi connectivity index (χ3v) is 4.53. The molecule has 0 saturated heterocycles. The molecule has 15 heavy (non-hydrogen) atoms. The molecule has 0 amide bonds. The number of allylic oxidation sites excluding steroid dienone is 2. The maximum absolute atomic E-state index is 9.08. The van der Waals surface area contributed by atoms with E-state index in [0.29, 0.717) is 5.41 Å². The lowest BCUT2D eigenvalue weighted by atomic mass is 9.48. The van der Waals surface area contributed by atoms with Crippen LogP contribution in [-0.2, 0) is 0 Å². The monoisotopic (exact) mass is 203 g/mol. The van der Waals surface area contributed by atoms with Crippen molar-refractivity contribution in [1.82, 2.24) is 0 Å². The van der Waals surface area contributed by atoms with Crippen molar-refractivity contribution in [2.75, 3.05) is 0 Å². The molecule has 0 N–H and O–H groups in total. The largest absolute Gasteiger partial charge is 0.198 e. The highest BCUT2D eigenvalue weighted by Crippen LogP contribution is 2.60. The van der Waals surface area contributed by atoms with Crippen LogP contribution in [0, 0.1) is 34.0 Å². The standard InChI is InChI=1S/C14H21N/c1-13(2,9-15)8-10-5-6-11-7-12(10)14(11,3)4/h5,11-12H,6-8H2,1-4H3/t11-,12+/m0/s1. The van der Waals surface area contributed by atoms with Crippen molar-refractivity contribution in [3.05, 3.63) is 11.6 Å². The molecule has 1 heteroatoms. The van der Waals surface area contributed by atoms with Crippen LogP contribution in [0.15, 0.2) is 11.6 Å². The first kappa shape index (κ1) is 10.7. The molecule has 0 aromatic carbocycles. The van der Waals surface area contributed by atoms with E-state index in [1.165, 1.54) is 12.8 Å². The Bertz CT molecular complexity index is 341. The molecule has 0 aromatic heterocycles. The van der Waals surface area contributed by atoms with Gasteiger partial charge in [0.2, 0.25) is 0 Å². The molecule has 2 bridgehead atoms. The lowest BCUT2D eigenvalue weighted by Crippen LogP contribution is -2.48. The van der Waals surface area contributed by atoms with E-state index in [0.717, 1.165) is 18.3 Å². The van der Waals surface area contributed by atoms with E-state index in [2.05, 4.69) is 26.0 Å². The molecule has 3 rings (SSSR count). The van der Waals surface area contributed by atoms with E-state index in [1.54, 1.807) is 5.57 Å². The molecule has 82 valence electrons. The Labute approximate surface area is 93.2 Å². The van der Waals surface area contributed by atoms with Crippen molar-refractivity contribution in [3.63, 3.8) is 0 Å². The highest BCUT2D eigenvalue weighted by atomic mass is 14.6. The van der Waals surface area contributed by atoms with Gasteiger partial charge in [0.05, 0.1) is 11.5 Å². The first-order chi connectivity index (χ1) is 6.87. The molecule has 2 atom stereocenters. The Kier molecular flexibility index (Phi) is 2.23. The summed E-state index contributed by atoms with van der Waals surface area (Å²) in [5.41, 5.74) is 1.86. The fraction of sp³-hybridized carbons (Fsp3) is 0.786. The van der Waals surface area contributed by atoms with Gasteiger partial charge in [0.15, 0.2) is 0 Å². The highest BCUT2D eigenvalue weighted by molar-refractivity contribution is 5.25. The van der Waals surface area contributed by atoms with Crippen LogP contribution < -0.4 is 0 Å². The van der Waals surface area contributed by atoms with E-state index in [4.69, 9.17) is 5.26 Å². The number of hydrogen-bond acceptors (Lipinski definition) is 1.